The highest BCUT2D eigenvalue weighted by Gasteiger charge is 2.38. The minimum Gasteiger partial charge on any atom is -0.392 e. The van der Waals surface area contributed by atoms with Crippen LogP contribution in [0.3, 0.4) is 0 Å². The predicted octanol–water partition coefficient (Wildman–Crippen LogP) is 1.25. The Balaban J connectivity index is 1.61. The smallest absolute Gasteiger partial charge is 0.128 e. The van der Waals surface area contributed by atoms with Gasteiger partial charge in [-0.1, -0.05) is 5.21 Å². The molecule has 1 aliphatic carbocycles. The van der Waals surface area contributed by atoms with E-state index in [0.717, 1.165) is 31.9 Å². The van der Waals surface area contributed by atoms with Crippen LogP contribution in [-0.4, -0.2) is 51.2 Å². The van der Waals surface area contributed by atoms with Gasteiger partial charge in [0.1, 0.15) is 11.5 Å². The van der Waals surface area contributed by atoms with Gasteiger partial charge in [0, 0.05) is 31.7 Å². The quantitative estimate of drug-likeness (QED) is 0.863. The molecule has 0 bridgehead atoms. The van der Waals surface area contributed by atoms with E-state index in [0.29, 0.717) is 17.6 Å². The highest BCUT2D eigenvalue weighted by atomic mass is 19.1. The molecule has 1 aromatic heterocycles. The molecule has 4 rings (SSSR count). The van der Waals surface area contributed by atoms with Gasteiger partial charge in [0.15, 0.2) is 0 Å². The fraction of sp³-hybridized carbons (Fsp3) is 0.529. The van der Waals surface area contributed by atoms with Crippen LogP contribution >= 0.6 is 0 Å². The number of nitrogens with zero attached hydrogens (tertiary/aromatic N) is 4. The van der Waals surface area contributed by atoms with Gasteiger partial charge in [-0.25, -0.2) is 9.07 Å². The zero-order valence-electron chi connectivity index (χ0n) is 13.5. The van der Waals surface area contributed by atoms with E-state index in [1.165, 1.54) is 18.9 Å². The van der Waals surface area contributed by atoms with Crippen LogP contribution in [-0.2, 0) is 6.61 Å². The van der Waals surface area contributed by atoms with Crippen molar-refractivity contribution in [1.29, 1.82) is 0 Å². The summed E-state index contributed by atoms with van der Waals surface area (Å²) in [4.78, 5) is 2.49. The van der Waals surface area contributed by atoms with Gasteiger partial charge < -0.3 is 10.4 Å². The maximum Gasteiger partial charge on any atom is 0.128 e. The predicted molar refractivity (Wildman–Crippen MR) is 87.1 cm³/mol. The van der Waals surface area contributed by atoms with Crippen molar-refractivity contribution >= 4 is 0 Å². The first-order valence-electron chi connectivity index (χ1n) is 8.53. The Morgan fingerprint density at radius 2 is 2.08 bits per heavy atom. The molecule has 0 spiro atoms. The van der Waals surface area contributed by atoms with E-state index in [9.17, 15) is 9.50 Å². The molecule has 0 amide bonds. The van der Waals surface area contributed by atoms with E-state index in [4.69, 9.17) is 0 Å². The molecule has 1 saturated carbocycles. The number of aliphatic hydroxyl groups is 1. The van der Waals surface area contributed by atoms with Crippen LogP contribution in [0.25, 0.3) is 5.69 Å². The van der Waals surface area contributed by atoms with Crippen LogP contribution in [0.1, 0.15) is 30.1 Å². The van der Waals surface area contributed by atoms with Gasteiger partial charge in [-0.05, 0) is 37.0 Å². The Hall–Kier alpha value is -1.83. The SMILES string of the molecule is OCc1cc(-n2cc(C(C3CC3)N3CCNCC3)nn2)ccc1F. The zero-order chi connectivity index (χ0) is 16.5. The molecular formula is C17H22FN5O. The van der Waals surface area contributed by atoms with Crippen molar-refractivity contribution in [3.8, 4) is 5.69 Å². The summed E-state index contributed by atoms with van der Waals surface area (Å²) in [6, 6.07) is 4.95. The van der Waals surface area contributed by atoms with Crippen molar-refractivity contribution in [2.75, 3.05) is 26.2 Å². The minimum atomic E-state index is -0.404. The molecule has 2 fully saturated rings. The molecule has 2 aromatic rings. The number of nitrogens with one attached hydrogen (secondary N) is 1. The second-order valence-electron chi connectivity index (χ2n) is 6.59. The number of aromatic nitrogens is 3. The summed E-state index contributed by atoms with van der Waals surface area (Å²) in [6.07, 6.45) is 4.43. The summed E-state index contributed by atoms with van der Waals surface area (Å²) in [7, 11) is 0. The van der Waals surface area contributed by atoms with Crippen LogP contribution in [0.15, 0.2) is 24.4 Å². The van der Waals surface area contributed by atoms with E-state index in [-0.39, 0.29) is 12.2 Å². The average Bonchev–Trinajstić information content (AvgIpc) is 3.33. The summed E-state index contributed by atoms with van der Waals surface area (Å²) >= 11 is 0. The topological polar surface area (TPSA) is 66.2 Å². The second-order valence-corrected chi connectivity index (χ2v) is 6.59. The molecule has 1 aliphatic heterocycles. The van der Waals surface area contributed by atoms with Gasteiger partial charge in [0.05, 0.1) is 24.5 Å². The van der Waals surface area contributed by atoms with Gasteiger partial charge in [-0.15, -0.1) is 5.10 Å². The molecule has 1 aromatic carbocycles. The van der Waals surface area contributed by atoms with Gasteiger partial charge in [0.2, 0.25) is 0 Å². The number of piperazine rings is 1. The third-order valence-electron chi connectivity index (χ3n) is 4.89. The van der Waals surface area contributed by atoms with Crippen LogP contribution < -0.4 is 5.32 Å². The Morgan fingerprint density at radius 3 is 2.79 bits per heavy atom. The number of aliphatic hydroxyl groups excluding tert-OH is 1. The third kappa shape index (κ3) is 3.07. The number of rotatable bonds is 5. The second kappa shape index (κ2) is 6.58. The monoisotopic (exact) mass is 331 g/mol. The van der Waals surface area contributed by atoms with Crippen molar-refractivity contribution in [3.63, 3.8) is 0 Å². The lowest BCUT2D eigenvalue weighted by molar-refractivity contribution is 0.153. The van der Waals surface area contributed by atoms with Crippen molar-refractivity contribution in [1.82, 2.24) is 25.2 Å². The van der Waals surface area contributed by atoms with Crippen molar-refractivity contribution in [2.45, 2.75) is 25.5 Å². The normalized spacial score (nSPS) is 20.2. The van der Waals surface area contributed by atoms with E-state index < -0.39 is 5.82 Å². The first-order chi connectivity index (χ1) is 11.8. The standard InChI is InChI=1S/C17H22FN5O/c18-15-4-3-14(9-13(15)11-24)23-10-16(20-21-23)17(12-1-2-12)22-7-5-19-6-8-22/h3-4,9-10,12,17,19,24H,1-2,5-8,11H2. The third-order valence-corrected chi connectivity index (χ3v) is 4.89. The van der Waals surface area contributed by atoms with Gasteiger partial charge in [-0.3, -0.25) is 4.90 Å². The summed E-state index contributed by atoms with van der Waals surface area (Å²) in [6.45, 7) is 3.75. The Labute approximate surface area is 140 Å². The van der Waals surface area contributed by atoms with Crippen LogP contribution in [0, 0.1) is 11.7 Å². The molecule has 2 N–H and O–H groups in total. The highest BCUT2D eigenvalue weighted by molar-refractivity contribution is 5.36. The molecule has 2 heterocycles. The molecule has 0 radical (unpaired) electrons. The Morgan fingerprint density at radius 1 is 1.29 bits per heavy atom. The molecule has 128 valence electrons. The number of hydrogen-bond donors (Lipinski definition) is 2. The molecular weight excluding hydrogens is 309 g/mol. The lowest BCUT2D eigenvalue weighted by atomic mass is 10.1. The zero-order valence-corrected chi connectivity index (χ0v) is 13.5. The summed E-state index contributed by atoms with van der Waals surface area (Å²) in [5.41, 5.74) is 1.97. The molecule has 1 unspecified atom stereocenters. The largest absolute Gasteiger partial charge is 0.392 e. The molecule has 7 heteroatoms. The lowest BCUT2D eigenvalue weighted by Gasteiger charge is -2.33. The average molecular weight is 331 g/mol. The maximum atomic E-state index is 13.6. The number of hydrogen-bond acceptors (Lipinski definition) is 5. The first-order valence-corrected chi connectivity index (χ1v) is 8.53. The van der Waals surface area contributed by atoms with Crippen LogP contribution in [0.5, 0.6) is 0 Å². The molecule has 24 heavy (non-hydrogen) atoms. The molecule has 6 nitrogen and oxygen atoms in total. The van der Waals surface area contributed by atoms with Gasteiger partial charge >= 0.3 is 0 Å². The fourth-order valence-electron chi connectivity index (χ4n) is 3.46. The number of halogens is 1. The highest BCUT2D eigenvalue weighted by Crippen LogP contribution is 2.44. The Bertz CT molecular complexity index is 709. The minimum absolute atomic E-state index is 0.269. The maximum absolute atomic E-state index is 13.6. The lowest BCUT2D eigenvalue weighted by Crippen LogP contribution is -2.45. The summed E-state index contributed by atoms with van der Waals surface area (Å²) in [5.74, 6) is 0.257. The van der Waals surface area contributed by atoms with Gasteiger partial charge in [-0.2, -0.15) is 0 Å². The molecule has 2 aliphatic rings. The van der Waals surface area contributed by atoms with E-state index in [1.807, 2.05) is 6.20 Å². The number of benzene rings is 1. The van der Waals surface area contributed by atoms with Crippen LogP contribution in [0.4, 0.5) is 4.39 Å². The summed E-state index contributed by atoms with van der Waals surface area (Å²) < 4.78 is 15.2. The first kappa shape index (κ1) is 15.7. The van der Waals surface area contributed by atoms with Crippen LogP contribution in [0.2, 0.25) is 0 Å². The fourth-order valence-corrected chi connectivity index (χ4v) is 3.46. The summed E-state index contributed by atoms with van der Waals surface area (Å²) in [5, 5.41) is 21.3. The van der Waals surface area contributed by atoms with E-state index >= 15 is 0 Å². The molecule has 1 saturated heterocycles. The molecule has 1 atom stereocenters. The Kier molecular flexibility index (Phi) is 4.30. The van der Waals surface area contributed by atoms with Crippen molar-refractivity contribution in [2.24, 2.45) is 5.92 Å². The van der Waals surface area contributed by atoms with E-state index in [2.05, 4.69) is 20.5 Å². The van der Waals surface area contributed by atoms with Crippen molar-refractivity contribution < 1.29 is 9.50 Å². The van der Waals surface area contributed by atoms with E-state index in [1.54, 1.807) is 16.8 Å². The van der Waals surface area contributed by atoms with Crippen molar-refractivity contribution in [3.05, 3.63) is 41.5 Å². The van der Waals surface area contributed by atoms with Gasteiger partial charge in [0.25, 0.3) is 0 Å².